The zero-order valence-electron chi connectivity index (χ0n) is 13.0. The quantitative estimate of drug-likeness (QED) is 0.835. The largest absolute Gasteiger partial charge is 0.348 e. The normalized spacial score (nSPS) is 16.0. The van der Waals surface area contributed by atoms with Crippen LogP contribution in [0, 0.1) is 5.92 Å². The van der Waals surface area contributed by atoms with Crippen LogP contribution in [-0.4, -0.2) is 26.6 Å². The predicted octanol–water partition coefficient (Wildman–Crippen LogP) is 1.64. The summed E-state index contributed by atoms with van der Waals surface area (Å²) in [4.78, 5) is 12.3. The minimum atomic E-state index is -3.20. The van der Waals surface area contributed by atoms with Crippen LogP contribution in [0.2, 0.25) is 0 Å². The molecule has 0 spiro atoms. The SMILES string of the molecule is CC[C@H](C)[C@H](N)C(=O)NC(C)c1ccc(S(C)(=O)=O)cc1. The monoisotopic (exact) mass is 312 g/mol. The van der Waals surface area contributed by atoms with Gasteiger partial charge >= 0.3 is 0 Å². The Hall–Kier alpha value is -1.40. The zero-order chi connectivity index (χ0) is 16.2. The number of sulfone groups is 1. The fourth-order valence-electron chi connectivity index (χ4n) is 1.91. The molecule has 1 aromatic carbocycles. The van der Waals surface area contributed by atoms with Gasteiger partial charge in [-0.3, -0.25) is 4.79 Å². The van der Waals surface area contributed by atoms with Crippen molar-refractivity contribution in [2.75, 3.05) is 6.26 Å². The van der Waals surface area contributed by atoms with Crippen LogP contribution in [0.1, 0.15) is 38.8 Å². The maximum atomic E-state index is 12.0. The van der Waals surface area contributed by atoms with Crippen LogP contribution in [0.25, 0.3) is 0 Å². The van der Waals surface area contributed by atoms with Crippen molar-refractivity contribution in [3.8, 4) is 0 Å². The van der Waals surface area contributed by atoms with Gasteiger partial charge < -0.3 is 11.1 Å². The topological polar surface area (TPSA) is 89.3 Å². The number of hydrogen-bond donors (Lipinski definition) is 2. The van der Waals surface area contributed by atoms with Crippen LogP contribution < -0.4 is 11.1 Å². The second kappa shape index (κ2) is 7.04. The van der Waals surface area contributed by atoms with E-state index >= 15 is 0 Å². The van der Waals surface area contributed by atoms with Crippen molar-refractivity contribution in [1.82, 2.24) is 5.32 Å². The number of nitrogens with two attached hydrogens (primary N) is 1. The van der Waals surface area contributed by atoms with Crippen LogP contribution in [0.4, 0.5) is 0 Å². The Bertz CT molecular complexity index is 581. The summed E-state index contributed by atoms with van der Waals surface area (Å²) in [6, 6.07) is 5.74. The second-order valence-electron chi connectivity index (χ2n) is 5.48. The van der Waals surface area contributed by atoms with Crippen molar-refractivity contribution in [3.63, 3.8) is 0 Å². The molecule has 118 valence electrons. The summed E-state index contributed by atoms with van der Waals surface area (Å²) in [5.41, 5.74) is 6.73. The van der Waals surface area contributed by atoms with Crippen molar-refractivity contribution < 1.29 is 13.2 Å². The third-order valence-electron chi connectivity index (χ3n) is 3.73. The average Bonchev–Trinajstić information content (AvgIpc) is 2.44. The zero-order valence-corrected chi connectivity index (χ0v) is 13.8. The van der Waals surface area contributed by atoms with Crippen LogP contribution in [0.5, 0.6) is 0 Å². The van der Waals surface area contributed by atoms with Crippen molar-refractivity contribution in [2.45, 2.75) is 44.2 Å². The number of rotatable bonds is 6. The summed E-state index contributed by atoms with van der Waals surface area (Å²) in [7, 11) is -3.20. The summed E-state index contributed by atoms with van der Waals surface area (Å²) in [5.74, 6) is -0.0751. The van der Waals surface area contributed by atoms with Crippen LogP contribution in [-0.2, 0) is 14.6 Å². The minimum absolute atomic E-state index is 0.116. The highest BCUT2D eigenvalue weighted by Gasteiger charge is 2.21. The Balaban J connectivity index is 2.76. The summed E-state index contributed by atoms with van der Waals surface area (Å²) in [6.07, 6.45) is 2.00. The first-order chi connectivity index (χ1) is 9.66. The predicted molar refractivity (Wildman–Crippen MR) is 83.5 cm³/mol. The lowest BCUT2D eigenvalue weighted by molar-refractivity contribution is -0.124. The highest BCUT2D eigenvalue weighted by Crippen LogP contribution is 2.17. The van der Waals surface area contributed by atoms with Crippen molar-refractivity contribution in [2.24, 2.45) is 11.7 Å². The first-order valence-corrected chi connectivity index (χ1v) is 8.92. The van der Waals surface area contributed by atoms with E-state index in [1.54, 1.807) is 24.3 Å². The Kier molecular flexibility index (Phi) is 5.92. The van der Waals surface area contributed by atoms with E-state index in [1.165, 1.54) is 6.26 Å². The molecule has 0 saturated heterocycles. The van der Waals surface area contributed by atoms with E-state index in [2.05, 4.69) is 5.32 Å². The van der Waals surface area contributed by atoms with Gasteiger partial charge in [-0.2, -0.15) is 0 Å². The average molecular weight is 312 g/mol. The number of hydrogen-bond acceptors (Lipinski definition) is 4. The Morgan fingerprint density at radius 2 is 1.76 bits per heavy atom. The fraction of sp³-hybridized carbons (Fsp3) is 0.533. The molecule has 0 bridgehead atoms. The first-order valence-electron chi connectivity index (χ1n) is 7.02. The molecule has 0 aliphatic heterocycles. The van der Waals surface area contributed by atoms with Crippen molar-refractivity contribution >= 4 is 15.7 Å². The number of nitrogens with one attached hydrogen (secondary N) is 1. The van der Waals surface area contributed by atoms with Gasteiger partial charge in [0, 0.05) is 6.26 Å². The molecule has 6 heteroatoms. The molecule has 3 N–H and O–H groups in total. The molecule has 0 radical (unpaired) electrons. The molecule has 0 fully saturated rings. The van der Waals surface area contributed by atoms with Crippen LogP contribution >= 0.6 is 0 Å². The van der Waals surface area contributed by atoms with E-state index in [1.807, 2.05) is 20.8 Å². The summed E-state index contributed by atoms with van der Waals surface area (Å²) in [6.45, 7) is 5.78. The molecule has 5 nitrogen and oxygen atoms in total. The molecule has 0 heterocycles. The molecule has 0 saturated carbocycles. The summed E-state index contributed by atoms with van der Waals surface area (Å²) < 4.78 is 22.8. The van der Waals surface area contributed by atoms with Gasteiger partial charge in [0.25, 0.3) is 0 Å². The molecule has 1 amide bonds. The number of amides is 1. The Morgan fingerprint density at radius 3 is 2.19 bits per heavy atom. The van der Waals surface area contributed by atoms with E-state index in [-0.39, 0.29) is 22.8 Å². The fourth-order valence-corrected chi connectivity index (χ4v) is 2.54. The maximum absolute atomic E-state index is 12.0. The van der Waals surface area contributed by atoms with Gasteiger partial charge in [-0.1, -0.05) is 32.4 Å². The molecule has 0 aliphatic carbocycles. The highest BCUT2D eigenvalue weighted by atomic mass is 32.2. The molecule has 1 rings (SSSR count). The molecular formula is C15H24N2O3S. The third kappa shape index (κ3) is 4.82. The van der Waals surface area contributed by atoms with Crippen molar-refractivity contribution in [1.29, 1.82) is 0 Å². The van der Waals surface area contributed by atoms with Gasteiger partial charge in [0.15, 0.2) is 9.84 Å². The van der Waals surface area contributed by atoms with E-state index < -0.39 is 15.9 Å². The van der Waals surface area contributed by atoms with Gasteiger partial charge in [-0.15, -0.1) is 0 Å². The van der Waals surface area contributed by atoms with E-state index in [9.17, 15) is 13.2 Å². The smallest absolute Gasteiger partial charge is 0.237 e. The molecule has 21 heavy (non-hydrogen) atoms. The third-order valence-corrected chi connectivity index (χ3v) is 4.86. The molecule has 0 aromatic heterocycles. The van der Waals surface area contributed by atoms with Gasteiger partial charge in [0.1, 0.15) is 0 Å². The van der Waals surface area contributed by atoms with Crippen molar-refractivity contribution in [3.05, 3.63) is 29.8 Å². The van der Waals surface area contributed by atoms with Gasteiger partial charge in [-0.05, 0) is 30.5 Å². The number of carbonyl (C=O) groups is 1. The molecule has 0 aliphatic rings. The molecule has 1 aromatic rings. The second-order valence-corrected chi connectivity index (χ2v) is 7.50. The molecule has 3 atom stereocenters. The van der Waals surface area contributed by atoms with Gasteiger partial charge in [-0.25, -0.2) is 8.42 Å². The standard InChI is InChI=1S/C15H24N2O3S/c1-5-10(2)14(16)15(18)17-11(3)12-6-8-13(9-7-12)21(4,19)20/h6-11,14H,5,16H2,1-4H3,(H,17,18)/t10-,11?,14-/m0/s1. The lowest BCUT2D eigenvalue weighted by Crippen LogP contribution is -2.45. The molecular weight excluding hydrogens is 288 g/mol. The van der Waals surface area contributed by atoms with E-state index in [0.29, 0.717) is 0 Å². The Labute approximate surface area is 126 Å². The lowest BCUT2D eigenvalue weighted by atomic mass is 9.98. The first kappa shape index (κ1) is 17.7. The van der Waals surface area contributed by atoms with Crippen LogP contribution in [0.15, 0.2) is 29.2 Å². The van der Waals surface area contributed by atoms with Gasteiger partial charge in [0.05, 0.1) is 17.0 Å². The van der Waals surface area contributed by atoms with E-state index in [4.69, 9.17) is 5.73 Å². The summed E-state index contributed by atoms with van der Waals surface area (Å²) in [5, 5.41) is 2.86. The maximum Gasteiger partial charge on any atom is 0.237 e. The number of benzene rings is 1. The highest BCUT2D eigenvalue weighted by molar-refractivity contribution is 7.90. The molecule has 1 unspecified atom stereocenters. The van der Waals surface area contributed by atoms with Crippen LogP contribution in [0.3, 0.4) is 0 Å². The van der Waals surface area contributed by atoms with Gasteiger partial charge in [0.2, 0.25) is 5.91 Å². The summed E-state index contributed by atoms with van der Waals surface area (Å²) >= 11 is 0. The number of carbonyl (C=O) groups excluding carboxylic acids is 1. The minimum Gasteiger partial charge on any atom is -0.348 e. The van der Waals surface area contributed by atoms with E-state index in [0.717, 1.165) is 12.0 Å². The Morgan fingerprint density at radius 1 is 1.24 bits per heavy atom. The lowest BCUT2D eigenvalue weighted by Gasteiger charge is -2.21.